The lowest BCUT2D eigenvalue weighted by Crippen LogP contribution is -2.44. The molecule has 2 N–H and O–H groups in total. The van der Waals surface area contributed by atoms with E-state index in [0.29, 0.717) is 6.04 Å². The number of nitrogens with zero attached hydrogens (tertiary/aromatic N) is 2. The Morgan fingerprint density at radius 2 is 2.47 bits per heavy atom. The van der Waals surface area contributed by atoms with Gasteiger partial charge < -0.3 is 10.6 Å². The van der Waals surface area contributed by atoms with Crippen molar-refractivity contribution in [1.82, 2.24) is 4.98 Å². The van der Waals surface area contributed by atoms with E-state index in [1.807, 2.05) is 0 Å². The maximum absolute atomic E-state index is 5.81. The van der Waals surface area contributed by atoms with E-state index in [1.165, 1.54) is 30.1 Å². The van der Waals surface area contributed by atoms with Crippen LogP contribution in [-0.2, 0) is 6.42 Å². The molecule has 1 fully saturated rings. The maximum atomic E-state index is 5.81. The minimum absolute atomic E-state index is 0.509. The van der Waals surface area contributed by atoms with Crippen LogP contribution in [0.4, 0.5) is 5.13 Å². The Hall–Kier alpha value is -0.610. The first-order valence-corrected chi connectivity index (χ1v) is 6.64. The molecule has 0 saturated carbocycles. The van der Waals surface area contributed by atoms with E-state index in [9.17, 15) is 0 Å². The second-order valence-electron chi connectivity index (χ2n) is 4.05. The lowest BCUT2D eigenvalue weighted by atomic mass is 10.0. The molecule has 3 nitrogen and oxygen atoms in total. The molecule has 0 radical (unpaired) electrons. The Labute approximate surface area is 95.3 Å². The Bertz CT molecular complexity index is 311. The minimum Gasteiger partial charge on any atom is -0.344 e. The van der Waals surface area contributed by atoms with E-state index in [1.54, 1.807) is 11.3 Å². The monoisotopic (exact) mass is 225 g/mol. The van der Waals surface area contributed by atoms with Gasteiger partial charge in [-0.3, -0.25) is 0 Å². The third-order valence-corrected chi connectivity index (χ3v) is 3.97. The molecule has 1 saturated heterocycles. The Morgan fingerprint density at radius 1 is 1.60 bits per heavy atom. The fourth-order valence-electron chi connectivity index (χ4n) is 2.09. The van der Waals surface area contributed by atoms with Crippen LogP contribution in [0.15, 0.2) is 5.38 Å². The molecule has 0 aliphatic carbocycles. The van der Waals surface area contributed by atoms with Crippen LogP contribution >= 0.6 is 11.3 Å². The van der Waals surface area contributed by atoms with Crippen LogP contribution in [0.5, 0.6) is 0 Å². The van der Waals surface area contributed by atoms with Crippen LogP contribution in [0.2, 0.25) is 0 Å². The zero-order valence-corrected chi connectivity index (χ0v) is 10.1. The van der Waals surface area contributed by atoms with Gasteiger partial charge in [-0.1, -0.05) is 6.92 Å². The number of aryl methyl sites for hydroxylation is 1. The summed E-state index contributed by atoms with van der Waals surface area (Å²) in [4.78, 5) is 7.04. The van der Waals surface area contributed by atoms with E-state index >= 15 is 0 Å². The highest BCUT2D eigenvalue weighted by Gasteiger charge is 2.23. The molecule has 2 heterocycles. The molecule has 1 aliphatic rings. The van der Waals surface area contributed by atoms with E-state index in [4.69, 9.17) is 5.73 Å². The lowest BCUT2D eigenvalue weighted by molar-refractivity contribution is 0.464. The second-order valence-corrected chi connectivity index (χ2v) is 4.89. The van der Waals surface area contributed by atoms with E-state index in [-0.39, 0.29) is 0 Å². The van der Waals surface area contributed by atoms with Crippen LogP contribution in [0, 0.1) is 0 Å². The van der Waals surface area contributed by atoms with Crippen molar-refractivity contribution in [1.29, 1.82) is 0 Å². The van der Waals surface area contributed by atoms with Gasteiger partial charge in [-0.05, 0) is 25.7 Å². The maximum Gasteiger partial charge on any atom is 0.185 e. The van der Waals surface area contributed by atoms with Gasteiger partial charge in [0.05, 0.1) is 5.69 Å². The molecule has 1 unspecified atom stereocenters. The summed E-state index contributed by atoms with van der Waals surface area (Å²) >= 11 is 1.76. The third kappa shape index (κ3) is 2.32. The van der Waals surface area contributed by atoms with Crippen molar-refractivity contribution in [3.63, 3.8) is 0 Å². The Balaban J connectivity index is 2.12. The number of rotatable bonds is 3. The van der Waals surface area contributed by atoms with E-state index in [0.717, 1.165) is 19.5 Å². The molecule has 1 aromatic heterocycles. The summed E-state index contributed by atoms with van der Waals surface area (Å²) in [5, 5.41) is 3.33. The van der Waals surface area contributed by atoms with Crippen LogP contribution in [-0.4, -0.2) is 24.1 Å². The van der Waals surface area contributed by atoms with Crippen molar-refractivity contribution in [3.8, 4) is 0 Å². The molecule has 84 valence electrons. The van der Waals surface area contributed by atoms with Crippen molar-refractivity contribution in [2.45, 2.75) is 38.6 Å². The molecule has 0 aromatic carbocycles. The molecule has 0 bridgehead atoms. The summed E-state index contributed by atoms with van der Waals surface area (Å²) in [7, 11) is 0. The van der Waals surface area contributed by atoms with Gasteiger partial charge in [0.2, 0.25) is 0 Å². The number of thiazole rings is 1. The summed E-state index contributed by atoms with van der Waals surface area (Å²) in [5.41, 5.74) is 7.01. The zero-order chi connectivity index (χ0) is 10.7. The van der Waals surface area contributed by atoms with Gasteiger partial charge >= 0.3 is 0 Å². The topological polar surface area (TPSA) is 42.1 Å². The van der Waals surface area contributed by atoms with E-state index in [2.05, 4.69) is 22.2 Å². The number of hydrogen-bond donors (Lipinski definition) is 1. The van der Waals surface area contributed by atoms with E-state index < -0.39 is 0 Å². The van der Waals surface area contributed by atoms with Gasteiger partial charge in [0.25, 0.3) is 0 Å². The largest absolute Gasteiger partial charge is 0.344 e. The number of piperidine rings is 1. The molecule has 1 aromatic rings. The fourth-order valence-corrected chi connectivity index (χ4v) is 3.09. The fraction of sp³-hybridized carbons (Fsp3) is 0.727. The molecular weight excluding hydrogens is 206 g/mol. The van der Waals surface area contributed by atoms with Gasteiger partial charge in [-0.25, -0.2) is 4.98 Å². The molecule has 0 amide bonds. The SMILES string of the molecule is CCc1csc(N2CCCCC2CN)n1. The minimum atomic E-state index is 0.509. The van der Waals surface area contributed by atoms with Crippen molar-refractivity contribution in [2.75, 3.05) is 18.0 Å². The summed E-state index contributed by atoms with van der Waals surface area (Å²) < 4.78 is 0. The van der Waals surface area contributed by atoms with Gasteiger partial charge in [0.1, 0.15) is 0 Å². The number of hydrogen-bond acceptors (Lipinski definition) is 4. The Morgan fingerprint density at radius 3 is 3.13 bits per heavy atom. The predicted octanol–water partition coefficient (Wildman–Crippen LogP) is 2.02. The number of aromatic nitrogens is 1. The second kappa shape index (κ2) is 4.94. The normalized spacial score (nSPS) is 22.0. The van der Waals surface area contributed by atoms with Crippen LogP contribution in [0.3, 0.4) is 0 Å². The molecular formula is C11H19N3S. The van der Waals surface area contributed by atoms with Gasteiger partial charge in [0.15, 0.2) is 5.13 Å². The molecule has 2 rings (SSSR count). The summed E-state index contributed by atoms with van der Waals surface area (Å²) in [5.74, 6) is 0. The molecule has 15 heavy (non-hydrogen) atoms. The standard InChI is InChI=1S/C11H19N3S/c1-2-9-8-15-11(13-9)14-6-4-3-5-10(14)7-12/h8,10H,2-7,12H2,1H3. The summed E-state index contributed by atoms with van der Waals surface area (Å²) in [6.07, 6.45) is 4.83. The van der Waals surface area contributed by atoms with Gasteiger partial charge in [-0.2, -0.15) is 0 Å². The van der Waals surface area contributed by atoms with Crippen molar-refractivity contribution >= 4 is 16.5 Å². The van der Waals surface area contributed by atoms with Crippen LogP contribution < -0.4 is 10.6 Å². The average Bonchev–Trinajstić information content (AvgIpc) is 2.77. The average molecular weight is 225 g/mol. The summed E-state index contributed by atoms with van der Waals surface area (Å²) in [6, 6.07) is 0.509. The lowest BCUT2D eigenvalue weighted by Gasteiger charge is -2.34. The van der Waals surface area contributed by atoms with Gasteiger partial charge in [-0.15, -0.1) is 11.3 Å². The zero-order valence-electron chi connectivity index (χ0n) is 9.28. The van der Waals surface area contributed by atoms with Crippen molar-refractivity contribution in [2.24, 2.45) is 5.73 Å². The summed E-state index contributed by atoms with van der Waals surface area (Å²) in [6.45, 7) is 4.02. The highest BCUT2D eigenvalue weighted by atomic mass is 32.1. The first-order valence-electron chi connectivity index (χ1n) is 5.76. The third-order valence-electron chi connectivity index (χ3n) is 3.05. The predicted molar refractivity (Wildman–Crippen MR) is 65.5 cm³/mol. The molecule has 4 heteroatoms. The number of anilines is 1. The van der Waals surface area contributed by atoms with Gasteiger partial charge in [0, 0.05) is 24.5 Å². The van der Waals surface area contributed by atoms with Crippen molar-refractivity contribution < 1.29 is 0 Å². The smallest absolute Gasteiger partial charge is 0.185 e. The van der Waals surface area contributed by atoms with Crippen LogP contribution in [0.25, 0.3) is 0 Å². The highest BCUT2D eigenvalue weighted by Crippen LogP contribution is 2.27. The first kappa shape index (κ1) is 10.9. The Kier molecular flexibility index (Phi) is 3.59. The molecule has 0 spiro atoms. The molecule has 1 atom stereocenters. The van der Waals surface area contributed by atoms with Crippen LogP contribution in [0.1, 0.15) is 31.9 Å². The molecule has 1 aliphatic heterocycles. The van der Waals surface area contributed by atoms with Crippen molar-refractivity contribution in [3.05, 3.63) is 11.1 Å². The quantitative estimate of drug-likeness (QED) is 0.856. The number of nitrogens with two attached hydrogens (primary N) is 1. The highest BCUT2D eigenvalue weighted by molar-refractivity contribution is 7.13. The first-order chi connectivity index (χ1) is 7.35.